The maximum Gasteiger partial charge on any atom is 0.206 e. The molecule has 1 saturated carbocycles. The van der Waals surface area contributed by atoms with Gasteiger partial charge in [0.1, 0.15) is 10.4 Å². The van der Waals surface area contributed by atoms with Gasteiger partial charge >= 0.3 is 0 Å². The second-order valence-corrected chi connectivity index (χ2v) is 14.1. The Morgan fingerprint density at radius 3 is 2.78 bits per heavy atom. The maximum absolute atomic E-state index is 12.8. The van der Waals surface area contributed by atoms with Gasteiger partial charge in [-0.25, -0.2) is 9.79 Å². The zero-order valence-corrected chi connectivity index (χ0v) is 23.0. The number of fused-ring (bicyclic) bond motifs is 1. The highest BCUT2D eigenvalue weighted by molar-refractivity contribution is 8.03. The largest absolute Gasteiger partial charge is 0.598 e. The number of hydrogen-bond donors (Lipinski definition) is 2. The fraction of sp³-hybridized carbons (Fsp3) is 0.538. The van der Waals surface area contributed by atoms with Gasteiger partial charge in [0.05, 0.1) is 22.7 Å². The lowest BCUT2D eigenvalue weighted by Crippen LogP contribution is -2.55. The van der Waals surface area contributed by atoms with Crippen LogP contribution in [0.15, 0.2) is 51.1 Å². The maximum atomic E-state index is 12.8. The molecular formula is C26H34N6O2S2. The van der Waals surface area contributed by atoms with Crippen molar-refractivity contribution in [2.24, 2.45) is 10.4 Å². The van der Waals surface area contributed by atoms with Gasteiger partial charge in [0.25, 0.3) is 0 Å². The van der Waals surface area contributed by atoms with Gasteiger partial charge in [-0.05, 0) is 70.1 Å². The number of nitrogens with zero attached hydrogens (tertiary/aromatic N) is 4. The van der Waals surface area contributed by atoms with Crippen LogP contribution >= 0.6 is 11.8 Å². The number of likely N-dealkylation sites (N-methyl/N-ethyl adjacent to an activating group) is 1. The molecular weight excluding hydrogens is 492 g/mol. The molecule has 2 aliphatic heterocycles. The summed E-state index contributed by atoms with van der Waals surface area (Å²) in [5.41, 5.74) is 1.66. The molecule has 1 saturated heterocycles. The lowest BCUT2D eigenvalue weighted by molar-refractivity contribution is 0.122. The van der Waals surface area contributed by atoms with Gasteiger partial charge < -0.3 is 14.4 Å². The van der Waals surface area contributed by atoms with E-state index >= 15 is 0 Å². The van der Waals surface area contributed by atoms with Crippen LogP contribution in [0.5, 0.6) is 0 Å². The Hall–Kier alpha value is -2.23. The number of aromatic nitrogens is 2. The van der Waals surface area contributed by atoms with Gasteiger partial charge in [-0.1, -0.05) is 18.2 Å². The molecule has 0 radical (unpaired) electrons. The monoisotopic (exact) mass is 526 g/mol. The number of thioether (sulfide) groups is 1. The first-order valence-electron chi connectivity index (χ1n) is 12.5. The van der Waals surface area contributed by atoms with Crippen LogP contribution in [0, 0.1) is 5.41 Å². The third-order valence-electron chi connectivity index (χ3n) is 7.66. The van der Waals surface area contributed by atoms with Gasteiger partial charge in [-0.15, -0.1) is 4.72 Å². The minimum Gasteiger partial charge on any atom is -0.598 e. The van der Waals surface area contributed by atoms with Crippen molar-refractivity contribution in [1.82, 2.24) is 24.7 Å². The van der Waals surface area contributed by atoms with E-state index in [-0.39, 0.29) is 16.2 Å². The number of hydrogen-bond acceptors (Lipinski definition) is 8. The Labute approximate surface area is 220 Å². The molecule has 3 aliphatic rings. The fourth-order valence-electron chi connectivity index (χ4n) is 5.51. The molecule has 2 aromatic rings. The quantitative estimate of drug-likeness (QED) is 0.455. The molecule has 10 heteroatoms. The summed E-state index contributed by atoms with van der Waals surface area (Å²) in [6.45, 7) is 7.79. The van der Waals surface area contributed by atoms with Crippen molar-refractivity contribution in [1.29, 1.82) is 0 Å². The Morgan fingerprint density at radius 1 is 1.28 bits per heavy atom. The zero-order valence-electron chi connectivity index (χ0n) is 21.3. The van der Waals surface area contributed by atoms with Gasteiger partial charge in [-0.3, -0.25) is 5.10 Å². The van der Waals surface area contributed by atoms with E-state index in [0.29, 0.717) is 5.70 Å². The van der Waals surface area contributed by atoms with E-state index in [1.165, 1.54) is 24.6 Å². The van der Waals surface area contributed by atoms with E-state index in [4.69, 9.17) is 4.99 Å². The number of aromatic amines is 1. The number of piperidine rings is 1. The van der Waals surface area contributed by atoms with Crippen LogP contribution in [-0.2, 0) is 16.2 Å². The average Bonchev–Trinajstić information content (AvgIpc) is 3.46. The third kappa shape index (κ3) is 4.85. The standard InChI is InChI=1S/C26H34N6O2S2/c1-25(2,3)36(34)30-23-6-5-9-26(23)10-12-32(13-11-26)24-27-16-22(21(17-33)31(24)4)35-19-7-8-20-18(14-19)15-28-29-20/h7-8,14-16,23,30H,5-6,9-13H2,1-4H3,(H,28,29)/t23-,36-/m1/s1. The zero-order chi connectivity index (χ0) is 25.5. The van der Waals surface area contributed by atoms with E-state index in [1.807, 2.05) is 44.9 Å². The van der Waals surface area contributed by atoms with Crippen molar-refractivity contribution in [3.63, 3.8) is 0 Å². The van der Waals surface area contributed by atoms with Crippen LogP contribution < -0.4 is 4.72 Å². The summed E-state index contributed by atoms with van der Waals surface area (Å²) in [5.74, 6) is 2.94. The third-order valence-corrected chi connectivity index (χ3v) is 10.3. The van der Waals surface area contributed by atoms with Gasteiger partial charge in [-0.2, -0.15) is 5.10 Å². The second kappa shape index (κ2) is 9.91. The molecule has 0 amide bonds. The molecule has 1 aromatic heterocycles. The molecule has 0 unspecified atom stereocenters. The summed E-state index contributed by atoms with van der Waals surface area (Å²) in [6.07, 6.45) is 9.05. The number of carbonyl (C=O) groups excluding carboxylic acids is 1. The molecule has 3 heterocycles. The van der Waals surface area contributed by atoms with Crippen LogP contribution in [-0.4, -0.2) is 67.4 Å². The van der Waals surface area contributed by atoms with Crippen molar-refractivity contribution in [2.45, 2.75) is 68.6 Å². The molecule has 1 spiro atoms. The Kier molecular flexibility index (Phi) is 7.00. The molecule has 2 fully saturated rings. The molecule has 1 aliphatic carbocycles. The first kappa shape index (κ1) is 25.4. The highest BCUT2D eigenvalue weighted by Crippen LogP contribution is 2.47. The first-order valence-corrected chi connectivity index (χ1v) is 14.5. The van der Waals surface area contributed by atoms with Crippen LogP contribution in [0.3, 0.4) is 0 Å². The van der Waals surface area contributed by atoms with Crippen molar-refractivity contribution < 1.29 is 9.35 Å². The summed E-state index contributed by atoms with van der Waals surface area (Å²) in [6, 6.07) is 6.33. The lowest BCUT2D eigenvalue weighted by atomic mass is 9.74. The first-order chi connectivity index (χ1) is 17.2. The molecule has 5 rings (SSSR count). The summed E-state index contributed by atoms with van der Waals surface area (Å²) < 4.78 is 16.0. The lowest BCUT2D eigenvalue weighted by Gasteiger charge is -2.45. The molecule has 0 bridgehead atoms. The summed E-state index contributed by atoms with van der Waals surface area (Å²) in [5, 5.41) is 8.07. The van der Waals surface area contributed by atoms with Gasteiger partial charge in [0.15, 0.2) is 5.94 Å². The molecule has 2 atom stereocenters. The second-order valence-electron chi connectivity index (χ2n) is 10.9. The summed E-state index contributed by atoms with van der Waals surface area (Å²) >= 11 is 0.443. The number of rotatable bonds is 4. The van der Waals surface area contributed by atoms with Crippen LogP contribution in [0.25, 0.3) is 10.9 Å². The number of likely N-dealkylation sites (tertiary alicyclic amines) is 1. The smallest absolute Gasteiger partial charge is 0.206 e. The highest BCUT2D eigenvalue weighted by atomic mass is 32.2. The van der Waals surface area contributed by atoms with Crippen molar-refractivity contribution in [2.75, 3.05) is 20.1 Å². The number of nitrogens with one attached hydrogen (secondary N) is 2. The predicted octanol–water partition coefficient (Wildman–Crippen LogP) is 4.20. The minimum absolute atomic E-state index is 0.178. The Balaban J connectivity index is 1.29. The Morgan fingerprint density at radius 2 is 2.06 bits per heavy atom. The van der Waals surface area contributed by atoms with E-state index < -0.39 is 11.4 Å². The molecule has 36 heavy (non-hydrogen) atoms. The van der Waals surface area contributed by atoms with E-state index in [9.17, 15) is 9.35 Å². The number of benzene rings is 1. The topological polar surface area (TPSA) is 99.7 Å². The predicted molar refractivity (Wildman–Crippen MR) is 146 cm³/mol. The van der Waals surface area contributed by atoms with E-state index in [1.54, 1.807) is 12.4 Å². The van der Waals surface area contributed by atoms with Crippen LogP contribution in [0.1, 0.15) is 52.9 Å². The Bertz CT molecular complexity index is 1230. The van der Waals surface area contributed by atoms with Crippen molar-refractivity contribution in [3.05, 3.63) is 41.2 Å². The van der Waals surface area contributed by atoms with Gasteiger partial charge in [0.2, 0.25) is 5.96 Å². The van der Waals surface area contributed by atoms with Gasteiger partial charge in [0, 0.05) is 48.0 Å². The van der Waals surface area contributed by atoms with E-state index in [2.05, 4.69) is 31.8 Å². The fourth-order valence-corrected chi connectivity index (χ4v) is 7.44. The average molecular weight is 527 g/mol. The number of guanidine groups is 1. The summed E-state index contributed by atoms with van der Waals surface area (Å²) in [4.78, 5) is 22.7. The molecule has 1 aromatic carbocycles. The van der Waals surface area contributed by atoms with E-state index in [0.717, 1.165) is 59.0 Å². The molecule has 2 N–H and O–H groups in total. The van der Waals surface area contributed by atoms with Crippen molar-refractivity contribution >= 4 is 45.9 Å². The molecule has 192 valence electrons. The van der Waals surface area contributed by atoms with Crippen molar-refractivity contribution in [3.8, 4) is 0 Å². The number of aliphatic imine (C=N–C) groups is 1. The van der Waals surface area contributed by atoms with Crippen LogP contribution in [0.4, 0.5) is 0 Å². The minimum atomic E-state index is -1.06. The summed E-state index contributed by atoms with van der Waals surface area (Å²) in [7, 11) is 1.89. The number of H-pyrrole nitrogens is 1. The SMILES string of the molecule is CN1C(=C=O)C(Sc2ccc3[nH]ncc3c2)=CN=C1N1CCC2(CCC[C@H]2N[S@+]([O-])C(C)(C)C)CC1. The van der Waals surface area contributed by atoms with Crippen LogP contribution in [0.2, 0.25) is 0 Å². The normalized spacial score (nSPS) is 23.1. The highest BCUT2D eigenvalue weighted by Gasteiger charge is 2.48. The molecule has 8 nitrogen and oxygen atoms in total.